The minimum absolute atomic E-state index is 0.0381. The van der Waals surface area contributed by atoms with Gasteiger partial charge in [-0.05, 0) is 31.9 Å². The first-order valence-corrected chi connectivity index (χ1v) is 11.0. The maximum absolute atomic E-state index is 13.5. The van der Waals surface area contributed by atoms with Gasteiger partial charge in [-0.25, -0.2) is 19.9 Å². The number of nitrogens with zero attached hydrogens (tertiary/aromatic N) is 6. The number of pyridine rings is 1. The summed E-state index contributed by atoms with van der Waals surface area (Å²) < 4.78 is 82.0. The van der Waals surface area contributed by atoms with Crippen LogP contribution in [0.5, 0.6) is 5.75 Å². The van der Waals surface area contributed by atoms with Gasteiger partial charge in [0.1, 0.15) is 11.4 Å². The van der Waals surface area contributed by atoms with E-state index >= 15 is 0 Å². The molecule has 1 fully saturated rings. The van der Waals surface area contributed by atoms with Crippen molar-refractivity contribution in [1.29, 1.82) is 5.26 Å². The van der Waals surface area contributed by atoms with E-state index in [4.69, 9.17) is 0 Å². The molecule has 38 heavy (non-hydrogen) atoms. The summed E-state index contributed by atoms with van der Waals surface area (Å²) in [5, 5.41) is 11.9. The molecule has 1 N–H and O–H groups in total. The summed E-state index contributed by atoms with van der Waals surface area (Å²) in [5.41, 5.74) is -2.71. The Hall–Kier alpha value is -4.35. The van der Waals surface area contributed by atoms with Crippen LogP contribution in [0.2, 0.25) is 0 Å². The van der Waals surface area contributed by atoms with Crippen LogP contribution in [-0.2, 0) is 11.6 Å². The first-order valence-electron chi connectivity index (χ1n) is 11.0. The number of aromatic nitrogens is 5. The van der Waals surface area contributed by atoms with Gasteiger partial charge in [0.05, 0.1) is 41.3 Å². The molecule has 3 aromatic rings. The number of alkyl halides is 6. The summed E-state index contributed by atoms with van der Waals surface area (Å²) in [5.74, 6) is -1.16. The first-order chi connectivity index (χ1) is 17.8. The molecule has 0 radical (unpaired) electrons. The topological polar surface area (TPSA) is 127 Å². The third-order valence-corrected chi connectivity index (χ3v) is 5.56. The van der Waals surface area contributed by atoms with Gasteiger partial charge in [-0.3, -0.25) is 9.78 Å². The Morgan fingerprint density at radius 2 is 1.76 bits per heavy atom. The standard InChI is InChI=1S/C23H17F6N7O2/c1-12(17-18(32-5-4-31-17)19-33-8-14(9-34-19)38-11-22(24,25)26)35-20(37)13-6-15(21(10-30)2-3-21)36-16(7-13)23(27,28)29/h4-9,12H,2-3,11H2,1H3,(H,35,37). The van der Waals surface area contributed by atoms with Gasteiger partial charge in [0.25, 0.3) is 5.91 Å². The Balaban J connectivity index is 1.57. The van der Waals surface area contributed by atoms with Gasteiger partial charge in [-0.2, -0.15) is 31.6 Å². The molecule has 0 saturated heterocycles. The summed E-state index contributed by atoms with van der Waals surface area (Å²) >= 11 is 0. The zero-order valence-corrected chi connectivity index (χ0v) is 19.4. The van der Waals surface area contributed by atoms with E-state index < -0.39 is 42.0 Å². The number of hydrogen-bond donors (Lipinski definition) is 1. The van der Waals surface area contributed by atoms with Crippen LogP contribution < -0.4 is 10.1 Å². The van der Waals surface area contributed by atoms with E-state index in [0.29, 0.717) is 18.9 Å². The lowest BCUT2D eigenvalue weighted by Gasteiger charge is -2.17. The van der Waals surface area contributed by atoms with E-state index in [1.807, 2.05) is 6.07 Å². The fourth-order valence-corrected chi connectivity index (χ4v) is 3.47. The second kappa shape index (κ2) is 9.84. The van der Waals surface area contributed by atoms with Crippen LogP contribution in [0.4, 0.5) is 26.3 Å². The lowest BCUT2D eigenvalue weighted by Crippen LogP contribution is -2.29. The van der Waals surface area contributed by atoms with Crippen LogP contribution in [0.15, 0.2) is 36.9 Å². The molecule has 1 aliphatic carbocycles. The smallest absolute Gasteiger partial charge is 0.433 e. The summed E-state index contributed by atoms with van der Waals surface area (Å²) in [6.45, 7) is -0.0336. The van der Waals surface area contributed by atoms with Crippen molar-refractivity contribution in [3.8, 4) is 23.3 Å². The van der Waals surface area contributed by atoms with Gasteiger partial charge in [0.15, 0.2) is 18.2 Å². The molecule has 198 valence electrons. The van der Waals surface area contributed by atoms with Gasteiger partial charge >= 0.3 is 12.4 Å². The lowest BCUT2D eigenvalue weighted by atomic mass is 10.0. The molecule has 1 unspecified atom stereocenters. The number of amides is 1. The molecule has 9 nitrogen and oxygen atoms in total. The molecule has 4 rings (SSSR count). The van der Waals surface area contributed by atoms with Gasteiger partial charge < -0.3 is 10.1 Å². The zero-order valence-electron chi connectivity index (χ0n) is 19.4. The van der Waals surface area contributed by atoms with E-state index in [1.165, 1.54) is 19.3 Å². The van der Waals surface area contributed by atoms with Gasteiger partial charge in [-0.15, -0.1) is 0 Å². The number of ether oxygens (including phenoxy) is 1. The molecule has 15 heteroatoms. The molecular weight excluding hydrogens is 520 g/mol. The average molecular weight is 537 g/mol. The van der Waals surface area contributed by atoms with Crippen molar-refractivity contribution in [2.45, 2.75) is 43.6 Å². The Morgan fingerprint density at radius 3 is 2.34 bits per heavy atom. The molecule has 1 atom stereocenters. The Bertz CT molecular complexity index is 1380. The quantitative estimate of drug-likeness (QED) is 0.442. The highest BCUT2D eigenvalue weighted by atomic mass is 19.4. The van der Waals surface area contributed by atoms with Crippen LogP contribution in [0, 0.1) is 11.3 Å². The Morgan fingerprint density at radius 1 is 1.11 bits per heavy atom. The van der Waals surface area contributed by atoms with E-state index in [0.717, 1.165) is 18.5 Å². The number of nitrogens with one attached hydrogen (secondary N) is 1. The predicted octanol–water partition coefficient (Wildman–Crippen LogP) is 4.33. The molecular formula is C23H17F6N7O2. The summed E-state index contributed by atoms with van der Waals surface area (Å²) in [7, 11) is 0. The third kappa shape index (κ3) is 5.96. The van der Waals surface area contributed by atoms with Gasteiger partial charge in [0, 0.05) is 18.0 Å². The number of halogens is 6. The minimum atomic E-state index is -4.84. The number of carbonyl (C=O) groups is 1. The second-order valence-electron chi connectivity index (χ2n) is 8.45. The lowest BCUT2D eigenvalue weighted by molar-refractivity contribution is -0.153. The molecule has 3 heterocycles. The second-order valence-corrected chi connectivity index (χ2v) is 8.45. The van der Waals surface area contributed by atoms with E-state index in [1.54, 1.807) is 0 Å². The summed E-state index contributed by atoms with van der Waals surface area (Å²) in [6.07, 6.45) is -4.10. The monoisotopic (exact) mass is 537 g/mol. The van der Waals surface area contributed by atoms with Crippen LogP contribution in [0.3, 0.4) is 0 Å². The van der Waals surface area contributed by atoms with Gasteiger partial charge in [-0.1, -0.05) is 0 Å². The highest BCUT2D eigenvalue weighted by Gasteiger charge is 2.48. The maximum Gasteiger partial charge on any atom is 0.433 e. The average Bonchev–Trinajstić information content (AvgIpc) is 3.68. The Kier molecular flexibility index (Phi) is 6.92. The van der Waals surface area contributed by atoms with Crippen LogP contribution in [0.25, 0.3) is 11.5 Å². The number of hydrogen-bond acceptors (Lipinski definition) is 8. The first kappa shape index (κ1) is 26.7. The number of nitriles is 1. The largest absolute Gasteiger partial charge is 0.481 e. The van der Waals surface area contributed by atoms with Crippen molar-refractivity contribution in [3.63, 3.8) is 0 Å². The van der Waals surface area contributed by atoms with Crippen molar-refractivity contribution in [2.75, 3.05) is 6.61 Å². The molecule has 0 bridgehead atoms. The zero-order chi connectivity index (χ0) is 27.7. The third-order valence-electron chi connectivity index (χ3n) is 5.56. The maximum atomic E-state index is 13.5. The highest BCUT2D eigenvalue weighted by molar-refractivity contribution is 5.94. The molecule has 0 aliphatic heterocycles. The van der Waals surface area contributed by atoms with Crippen LogP contribution in [0.1, 0.15) is 53.2 Å². The number of carbonyl (C=O) groups excluding carboxylic acids is 1. The minimum Gasteiger partial charge on any atom is -0.481 e. The highest BCUT2D eigenvalue weighted by Crippen LogP contribution is 2.47. The van der Waals surface area contributed by atoms with Crippen molar-refractivity contribution in [3.05, 3.63) is 59.6 Å². The van der Waals surface area contributed by atoms with Gasteiger partial charge in [0.2, 0.25) is 0 Å². The van der Waals surface area contributed by atoms with Crippen LogP contribution in [-0.4, -0.2) is 43.6 Å². The fourth-order valence-electron chi connectivity index (χ4n) is 3.47. The molecule has 1 amide bonds. The molecule has 3 aromatic heterocycles. The van der Waals surface area contributed by atoms with Crippen LogP contribution >= 0.6 is 0 Å². The normalized spacial score (nSPS) is 15.3. The summed E-state index contributed by atoms with van der Waals surface area (Å²) in [4.78, 5) is 32.7. The van der Waals surface area contributed by atoms with E-state index in [-0.39, 0.29) is 34.2 Å². The van der Waals surface area contributed by atoms with E-state index in [9.17, 15) is 36.4 Å². The van der Waals surface area contributed by atoms with Crippen molar-refractivity contribution in [1.82, 2.24) is 30.2 Å². The SMILES string of the molecule is CC(NC(=O)c1cc(C(F)(F)F)nc(C2(C#N)CC2)c1)c1nccnc1-c1ncc(OCC(F)(F)F)cn1. The van der Waals surface area contributed by atoms with E-state index in [2.05, 4.69) is 35.0 Å². The summed E-state index contributed by atoms with van der Waals surface area (Å²) in [6, 6.07) is 2.81. The molecule has 0 spiro atoms. The predicted molar refractivity (Wildman–Crippen MR) is 116 cm³/mol. The van der Waals surface area contributed by atoms with Crippen molar-refractivity contribution >= 4 is 5.91 Å². The Labute approximate surface area is 210 Å². The molecule has 1 aliphatic rings. The van der Waals surface area contributed by atoms with Crippen molar-refractivity contribution < 1.29 is 35.9 Å². The fraction of sp³-hybridized carbons (Fsp3) is 0.348. The number of rotatable bonds is 7. The molecule has 1 saturated carbocycles. The molecule has 0 aromatic carbocycles. The van der Waals surface area contributed by atoms with Crippen molar-refractivity contribution in [2.24, 2.45) is 0 Å².